The summed E-state index contributed by atoms with van der Waals surface area (Å²) in [5.41, 5.74) is 2.86. The lowest BCUT2D eigenvalue weighted by molar-refractivity contribution is 0.526. The summed E-state index contributed by atoms with van der Waals surface area (Å²) in [7, 11) is 0. The normalized spacial score (nSPS) is 12.6. The van der Waals surface area contributed by atoms with Crippen LogP contribution in [0.5, 0.6) is 0 Å². The highest BCUT2D eigenvalue weighted by atomic mass is 79.9. The summed E-state index contributed by atoms with van der Waals surface area (Å²) in [4.78, 5) is 4.39. The van der Waals surface area contributed by atoms with Crippen molar-refractivity contribution >= 4 is 48.5 Å². The molecular weight excluding hydrogens is 396 g/mol. The third-order valence-electron chi connectivity index (χ3n) is 3.35. The first-order chi connectivity index (χ1) is 10.0. The van der Waals surface area contributed by atoms with Crippen LogP contribution < -0.4 is 5.32 Å². The van der Waals surface area contributed by atoms with E-state index in [2.05, 4.69) is 61.2 Å². The van der Waals surface area contributed by atoms with E-state index in [0.29, 0.717) is 0 Å². The molecule has 3 nitrogen and oxygen atoms in total. The van der Waals surface area contributed by atoms with Crippen LogP contribution in [0.25, 0.3) is 11.0 Å². The Labute approximate surface area is 140 Å². The number of pyridine rings is 1. The van der Waals surface area contributed by atoms with Crippen molar-refractivity contribution in [2.45, 2.75) is 19.9 Å². The van der Waals surface area contributed by atoms with Crippen molar-refractivity contribution in [3.8, 4) is 0 Å². The lowest BCUT2D eigenvalue weighted by Gasteiger charge is -2.14. The molecule has 0 spiro atoms. The Hall–Kier alpha value is -1.33. The van der Waals surface area contributed by atoms with Crippen LogP contribution in [-0.4, -0.2) is 4.98 Å². The number of fused-ring (bicyclic) bond motifs is 1. The van der Waals surface area contributed by atoms with Crippen LogP contribution in [0.4, 0.5) is 5.69 Å². The number of rotatable bonds is 3. The van der Waals surface area contributed by atoms with Crippen molar-refractivity contribution in [1.82, 2.24) is 4.98 Å². The molecule has 0 bridgehead atoms. The van der Waals surface area contributed by atoms with Crippen molar-refractivity contribution < 1.29 is 4.42 Å². The van der Waals surface area contributed by atoms with E-state index >= 15 is 0 Å². The van der Waals surface area contributed by atoms with Crippen LogP contribution in [0.1, 0.15) is 24.4 Å². The molecule has 0 aliphatic heterocycles. The number of benzene rings is 1. The number of hydrogen-bond acceptors (Lipinski definition) is 3. The van der Waals surface area contributed by atoms with Gasteiger partial charge >= 0.3 is 0 Å². The number of aryl methyl sites for hydroxylation is 1. The van der Waals surface area contributed by atoms with Gasteiger partial charge in [0.15, 0.2) is 0 Å². The highest BCUT2D eigenvalue weighted by Crippen LogP contribution is 2.29. The molecule has 2 heterocycles. The fourth-order valence-corrected chi connectivity index (χ4v) is 3.01. The van der Waals surface area contributed by atoms with Gasteiger partial charge in [0.2, 0.25) is 0 Å². The number of hydrogen-bond donors (Lipinski definition) is 1. The molecule has 3 aromatic rings. The smallest absolute Gasteiger partial charge is 0.134 e. The van der Waals surface area contributed by atoms with Gasteiger partial charge in [0.05, 0.1) is 17.4 Å². The first-order valence-corrected chi connectivity index (χ1v) is 8.20. The van der Waals surface area contributed by atoms with E-state index in [1.807, 2.05) is 31.2 Å². The lowest BCUT2D eigenvalue weighted by atomic mass is 10.2. The molecule has 1 aromatic carbocycles. The first kappa shape index (κ1) is 14.6. The maximum absolute atomic E-state index is 5.91. The summed E-state index contributed by atoms with van der Waals surface area (Å²) in [5, 5.41) is 4.54. The Morgan fingerprint density at radius 2 is 1.95 bits per heavy atom. The summed E-state index contributed by atoms with van der Waals surface area (Å²) in [6, 6.07) is 12.1. The van der Waals surface area contributed by atoms with E-state index < -0.39 is 0 Å². The van der Waals surface area contributed by atoms with Crippen LogP contribution in [0, 0.1) is 6.92 Å². The van der Waals surface area contributed by atoms with E-state index in [9.17, 15) is 0 Å². The van der Waals surface area contributed by atoms with Gasteiger partial charge in [-0.05, 0) is 66.2 Å². The Bertz CT molecular complexity index is 798. The van der Waals surface area contributed by atoms with E-state index in [1.54, 1.807) is 0 Å². The van der Waals surface area contributed by atoms with E-state index in [-0.39, 0.29) is 6.04 Å². The van der Waals surface area contributed by atoms with Crippen LogP contribution in [0.3, 0.4) is 0 Å². The van der Waals surface area contributed by atoms with E-state index in [4.69, 9.17) is 4.42 Å². The second-order valence-corrected chi connectivity index (χ2v) is 6.69. The van der Waals surface area contributed by atoms with Crippen molar-refractivity contribution in [3.63, 3.8) is 0 Å². The summed E-state index contributed by atoms with van der Waals surface area (Å²) in [6.45, 7) is 4.06. The van der Waals surface area contributed by atoms with E-state index in [1.165, 1.54) is 0 Å². The van der Waals surface area contributed by atoms with Crippen LogP contribution in [0.15, 0.2) is 49.9 Å². The van der Waals surface area contributed by atoms with E-state index in [0.717, 1.165) is 37.2 Å². The molecule has 0 saturated carbocycles. The van der Waals surface area contributed by atoms with Gasteiger partial charge in [-0.1, -0.05) is 15.9 Å². The second kappa shape index (κ2) is 5.81. The molecule has 0 fully saturated rings. The van der Waals surface area contributed by atoms with Gasteiger partial charge in [-0.3, -0.25) is 0 Å². The van der Waals surface area contributed by atoms with Gasteiger partial charge in [0.1, 0.15) is 15.9 Å². The van der Waals surface area contributed by atoms with Gasteiger partial charge in [-0.15, -0.1) is 0 Å². The Morgan fingerprint density at radius 1 is 1.14 bits per heavy atom. The summed E-state index contributed by atoms with van der Waals surface area (Å²) >= 11 is 6.85. The highest BCUT2D eigenvalue weighted by Gasteiger charge is 2.13. The Balaban J connectivity index is 1.87. The highest BCUT2D eigenvalue weighted by molar-refractivity contribution is 9.10. The Kier molecular flexibility index (Phi) is 4.04. The molecule has 3 rings (SSSR count). The maximum atomic E-state index is 5.91. The minimum Gasteiger partial charge on any atom is -0.459 e. The molecule has 0 aliphatic carbocycles. The van der Waals surface area contributed by atoms with Crippen LogP contribution in [0.2, 0.25) is 0 Å². The number of nitrogens with zero attached hydrogens (tertiary/aromatic N) is 1. The second-order valence-electron chi connectivity index (χ2n) is 4.96. The number of anilines is 1. The molecule has 108 valence electrons. The van der Waals surface area contributed by atoms with Crippen molar-refractivity contribution in [2.75, 3.05) is 5.32 Å². The number of halogens is 2. The van der Waals surface area contributed by atoms with Crippen molar-refractivity contribution in [3.05, 3.63) is 56.9 Å². The molecule has 2 aromatic heterocycles. The van der Waals surface area contributed by atoms with Crippen LogP contribution in [-0.2, 0) is 0 Å². The zero-order chi connectivity index (χ0) is 15.0. The van der Waals surface area contributed by atoms with Gasteiger partial charge < -0.3 is 9.73 Å². The minimum atomic E-state index is 0.0675. The fraction of sp³-hybridized carbons (Fsp3) is 0.188. The Morgan fingerprint density at radius 3 is 2.71 bits per heavy atom. The first-order valence-electron chi connectivity index (χ1n) is 6.61. The molecule has 0 saturated heterocycles. The molecule has 1 atom stereocenters. The van der Waals surface area contributed by atoms with Crippen molar-refractivity contribution in [1.29, 1.82) is 0 Å². The maximum Gasteiger partial charge on any atom is 0.134 e. The third kappa shape index (κ3) is 3.14. The van der Waals surface area contributed by atoms with Gasteiger partial charge in [0, 0.05) is 9.86 Å². The average Bonchev–Trinajstić information content (AvgIpc) is 2.85. The predicted molar refractivity (Wildman–Crippen MR) is 92.6 cm³/mol. The number of furan rings is 1. The number of nitrogens with one attached hydrogen (secondary N) is 1. The average molecular weight is 410 g/mol. The minimum absolute atomic E-state index is 0.0675. The molecular formula is C16H14Br2N2O. The molecule has 1 unspecified atom stereocenters. The van der Waals surface area contributed by atoms with Gasteiger partial charge in [-0.2, -0.15) is 0 Å². The lowest BCUT2D eigenvalue weighted by Crippen LogP contribution is -2.07. The molecule has 0 aliphatic rings. The molecule has 5 heteroatoms. The van der Waals surface area contributed by atoms with Crippen molar-refractivity contribution in [2.24, 2.45) is 0 Å². The number of aromatic nitrogens is 1. The standard InChI is InChI=1S/C16H14Br2N2O/c1-9-13(4-6-16(18)20-9)19-10(2)15-8-11-7-12(17)3-5-14(11)21-15/h3-8,10,19H,1-2H3. The van der Waals surface area contributed by atoms with Crippen LogP contribution >= 0.6 is 31.9 Å². The zero-order valence-corrected chi connectivity index (χ0v) is 14.8. The summed E-state index contributed by atoms with van der Waals surface area (Å²) < 4.78 is 7.80. The third-order valence-corrected chi connectivity index (χ3v) is 4.28. The summed E-state index contributed by atoms with van der Waals surface area (Å²) in [6.07, 6.45) is 0. The van der Waals surface area contributed by atoms with Gasteiger partial charge in [0.25, 0.3) is 0 Å². The molecule has 21 heavy (non-hydrogen) atoms. The predicted octanol–water partition coefficient (Wildman–Crippen LogP) is 5.83. The molecule has 0 radical (unpaired) electrons. The van der Waals surface area contributed by atoms with Gasteiger partial charge in [-0.25, -0.2) is 4.98 Å². The quantitative estimate of drug-likeness (QED) is 0.552. The monoisotopic (exact) mass is 408 g/mol. The SMILES string of the molecule is Cc1nc(Br)ccc1NC(C)c1cc2cc(Br)ccc2o1. The topological polar surface area (TPSA) is 38.1 Å². The molecule has 1 N–H and O–H groups in total. The largest absolute Gasteiger partial charge is 0.459 e. The fourth-order valence-electron chi connectivity index (χ4n) is 2.24. The summed E-state index contributed by atoms with van der Waals surface area (Å²) in [5.74, 6) is 0.908. The zero-order valence-electron chi connectivity index (χ0n) is 11.7. The molecule has 0 amide bonds.